The number of nitrogens with two attached hydrogens (primary N) is 1. The molecule has 1 aliphatic carbocycles. The van der Waals surface area contributed by atoms with Gasteiger partial charge in [-0.05, 0) is 75.1 Å². The van der Waals surface area contributed by atoms with Crippen molar-refractivity contribution in [2.75, 3.05) is 64.5 Å². The molecule has 3 saturated heterocycles. The van der Waals surface area contributed by atoms with Gasteiger partial charge in [0.25, 0.3) is 5.91 Å². The minimum absolute atomic E-state index is 0. The number of likely N-dealkylation sites (tertiary alicyclic amines) is 1. The number of alkyl halides is 1. The number of halogens is 5. The van der Waals surface area contributed by atoms with Crippen LogP contribution in [-0.2, 0) is 4.79 Å². The molecule has 3 aliphatic heterocycles. The number of ether oxygens (including phenoxy) is 1. The van der Waals surface area contributed by atoms with Crippen molar-refractivity contribution in [1.82, 2.24) is 24.7 Å². The third kappa shape index (κ3) is 6.29. The van der Waals surface area contributed by atoms with Crippen LogP contribution >= 0.6 is 22.9 Å². The Labute approximate surface area is 312 Å². The normalized spacial score (nSPS) is 23.7. The van der Waals surface area contributed by atoms with E-state index in [-0.39, 0.29) is 72.0 Å². The van der Waals surface area contributed by atoms with Crippen molar-refractivity contribution in [3.05, 3.63) is 46.8 Å². The quantitative estimate of drug-likeness (QED) is 0.0958. The Bertz CT molecular complexity index is 2170. The first kappa shape index (κ1) is 37.4. The Morgan fingerprint density at radius 1 is 1.26 bits per heavy atom. The second kappa shape index (κ2) is 13.7. The SMILES string of the molecule is CN(C)C/C=C(/F)C(=O)N1CC2(CCC(Nc3nc(OC[C@@]45CCCN4C[C@H](F)C5)nc4c(F)c(-c5ccc(F)c6sc(N)[c-]c56)c(Cl)c(O)c34)C2)C1.[Cm]. The van der Waals surface area contributed by atoms with E-state index < -0.39 is 40.8 Å². The van der Waals surface area contributed by atoms with Gasteiger partial charge in [-0.25, -0.2) is 17.6 Å². The van der Waals surface area contributed by atoms with Crippen LogP contribution in [0.4, 0.5) is 28.4 Å². The number of phenols is 1. The number of amides is 1. The minimum Gasteiger partial charge on any atom is -0.506 e. The van der Waals surface area contributed by atoms with E-state index >= 15 is 4.39 Å². The molecule has 3 atom stereocenters. The maximum absolute atomic E-state index is 16.9. The number of anilines is 2. The first-order valence-corrected chi connectivity index (χ1v) is 18.9. The van der Waals surface area contributed by atoms with Crippen molar-refractivity contribution in [2.24, 2.45) is 5.41 Å². The van der Waals surface area contributed by atoms with E-state index in [4.69, 9.17) is 22.1 Å². The summed E-state index contributed by atoms with van der Waals surface area (Å²) in [6.07, 6.45) is 4.24. The number of rotatable bonds is 9. The van der Waals surface area contributed by atoms with Gasteiger partial charge in [0.1, 0.15) is 35.7 Å². The molecule has 1 spiro atoms. The minimum atomic E-state index is -0.985. The number of carbonyl (C=O) groups is 1. The van der Waals surface area contributed by atoms with Gasteiger partial charge in [-0.15, -0.1) is 17.7 Å². The van der Waals surface area contributed by atoms with E-state index in [2.05, 4.69) is 26.3 Å². The molecule has 0 bridgehead atoms. The van der Waals surface area contributed by atoms with Gasteiger partial charge < -0.3 is 30.7 Å². The van der Waals surface area contributed by atoms with Crippen molar-refractivity contribution < 1.29 is 32.2 Å². The Hall–Kier alpha value is -4.92. The van der Waals surface area contributed by atoms with Gasteiger partial charge in [0.15, 0.2) is 5.83 Å². The van der Waals surface area contributed by atoms with E-state index in [1.807, 2.05) is 0 Å². The number of aromatic nitrogens is 2. The van der Waals surface area contributed by atoms with E-state index in [1.165, 1.54) is 23.1 Å². The third-order valence-corrected chi connectivity index (χ3v) is 12.6. The average molecular weight is 1020 g/mol. The van der Waals surface area contributed by atoms with E-state index in [9.17, 15) is 23.1 Å². The summed E-state index contributed by atoms with van der Waals surface area (Å²) in [6, 6.07) is 5.02. The van der Waals surface area contributed by atoms with E-state index in [0.29, 0.717) is 45.4 Å². The molecule has 4 aromatic rings. The molecule has 10 nitrogen and oxygen atoms in total. The number of nitrogen functional groups attached to an aromatic ring is 1. The summed E-state index contributed by atoms with van der Waals surface area (Å²) in [6.45, 7) is 2.26. The third-order valence-electron chi connectivity index (χ3n) is 11.3. The molecule has 8 rings (SSSR count). The fraction of sp³-hybridized carbons (Fsp3) is 0.486. The van der Waals surface area contributed by atoms with E-state index in [1.54, 1.807) is 19.0 Å². The first-order valence-electron chi connectivity index (χ1n) is 17.7. The topological polar surface area (TPSA) is 120 Å². The molecule has 1 amide bonds. The molecule has 4 N–H and O–H groups in total. The number of phenolic OH excluding ortho intramolecular Hbond substituents is 1. The van der Waals surface area contributed by atoms with Crippen molar-refractivity contribution in [3.8, 4) is 22.9 Å². The number of carbonyl (C=O) groups excluding carboxylic acids is 1. The Balaban J connectivity index is 0.00000450. The van der Waals surface area contributed by atoms with Crippen LogP contribution < -0.4 is 15.8 Å². The molecule has 5 heterocycles. The van der Waals surface area contributed by atoms with Gasteiger partial charge in [0.2, 0.25) is 0 Å². The first-order chi connectivity index (χ1) is 25.3. The van der Waals surface area contributed by atoms with Crippen molar-refractivity contribution in [2.45, 2.75) is 56.3 Å². The molecule has 4 aliphatic rings. The maximum atomic E-state index is 16.9. The number of aromatic hydroxyl groups is 1. The molecule has 2 aromatic heterocycles. The van der Waals surface area contributed by atoms with Crippen LogP contribution in [-0.4, -0.2) is 107 Å². The van der Waals surface area contributed by atoms with Gasteiger partial charge in [0, 0.05) is 49.1 Å². The van der Waals surface area contributed by atoms with Crippen LogP contribution in [0.1, 0.15) is 38.5 Å². The number of likely N-dealkylation sites (N-methyl/N-ethyl adjacent to an activating group) is 1. The largest absolute Gasteiger partial charge is 0.506 e. The number of hydrogen-bond acceptors (Lipinski definition) is 10. The standard InChI is InChI=1S/C37H39ClF4N7O3S.Cm/c1-47(2)11-7-24(41)34(51)48-16-36(17-48)9-6-20(14-36)44-33-27-30(45-35(46-33)52-18-37-8-3-10-49(37)15-19(39)13-37)29(42)26(28(38)31(27)50)21-4-5-23(40)32-22(21)12-25(43)53-32;/h4-5,7,19-20,50H,3,6,8-11,13-18,43H2,1-2H3,(H,44,45,46);/q-1;/b24-7+;/t19-,20?,37+;/m1./s1. The summed E-state index contributed by atoms with van der Waals surface area (Å²) in [5, 5.41) is 15.0. The summed E-state index contributed by atoms with van der Waals surface area (Å²) in [5.41, 5.74) is 4.86. The second-order valence-corrected chi connectivity index (χ2v) is 16.7. The van der Waals surface area contributed by atoms with Gasteiger partial charge in [-0.3, -0.25) is 9.69 Å². The Morgan fingerprint density at radius 2 is 2.04 bits per heavy atom. The predicted octanol–water partition coefficient (Wildman–Crippen LogP) is 6.69. The second-order valence-electron chi connectivity index (χ2n) is 15.2. The Kier molecular flexibility index (Phi) is 9.51. The summed E-state index contributed by atoms with van der Waals surface area (Å²) in [4.78, 5) is 27.1. The average Bonchev–Trinajstić information content (AvgIpc) is 3.87. The molecule has 0 radical (unpaired) electrons. The molecule has 1 saturated carbocycles. The predicted molar refractivity (Wildman–Crippen MR) is 197 cm³/mol. The number of benzene rings is 2. The van der Waals surface area contributed by atoms with Crippen molar-refractivity contribution in [3.63, 3.8) is 0 Å². The van der Waals surface area contributed by atoms with Crippen LogP contribution in [0.3, 0.4) is 0 Å². The summed E-state index contributed by atoms with van der Waals surface area (Å²) < 4.78 is 67.1. The van der Waals surface area contributed by atoms with Crippen LogP contribution in [0.15, 0.2) is 24.0 Å². The molecule has 2 aromatic carbocycles. The summed E-state index contributed by atoms with van der Waals surface area (Å²) >= 11 is 7.70. The molecule has 4 fully saturated rings. The zero-order valence-corrected chi connectivity index (χ0v) is 34.1. The molecule has 17 heteroatoms. The molecule has 290 valence electrons. The van der Waals surface area contributed by atoms with Gasteiger partial charge >= 0.3 is 6.01 Å². The van der Waals surface area contributed by atoms with Gasteiger partial charge in [-0.1, -0.05) is 11.6 Å². The number of hydrogen-bond donors (Lipinski definition) is 3. The Morgan fingerprint density at radius 3 is 2.80 bits per heavy atom. The fourth-order valence-electron chi connectivity index (χ4n) is 8.79. The molecule has 54 heavy (non-hydrogen) atoms. The van der Waals surface area contributed by atoms with Crippen molar-refractivity contribution >= 4 is 60.7 Å². The van der Waals surface area contributed by atoms with Crippen LogP contribution in [0.25, 0.3) is 32.1 Å². The summed E-state index contributed by atoms with van der Waals surface area (Å²) in [5.74, 6) is -3.27. The maximum Gasteiger partial charge on any atom is 0.319 e. The molecular weight excluding hydrogens is 981 g/mol. The van der Waals surface area contributed by atoms with E-state index in [0.717, 1.165) is 37.1 Å². The van der Waals surface area contributed by atoms with Crippen LogP contribution in [0.5, 0.6) is 11.8 Å². The molecule has 1 unspecified atom stereocenters. The number of fused-ring (bicyclic) bond motifs is 3. The van der Waals surface area contributed by atoms with Crippen LogP contribution in [0.2, 0.25) is 5.02 Å². The zero-order chi connectivity index (χ0) is 37.4. The number of thiophene rings is 1. The van der Waals surface area contributed by atoms with Crippen LogP contribution in [0, 0.1) is 23.1 Å². The van der Waals surface area contributed by atoms with Gasteiger partial charge in [-0.2, -0.15) is 26.7 Å². The van der Waals surface area contributed by atoms with Gasteiger partial charge in [0.05, 0.1) is 21.8 Å². The number of nitrogens with one attached hydrogen (secondary N) is 1. The monoisotopic (exact) mass is 1020 g/mol. The fourth-order valence-corrected chi connectivity index (χ4v) is 9.87. The zero-order valence-electron chi connectivity index (χ0n) is 29.6. The van der Waals surface area contributed by atoms with Crippen molar-refractivity contribution in [1.29, 1.82) is 0 Å². The molecular formula is C37H39ClCmF4N7O3S-. The number of nitrogens with zero attached hydrogens (tertiary/aromatic N) is 5. The smallest absolute Gasteiger partial charge is 0.319 e. The summed E-state index contributed by atoms with van der Waals surface area (Å²) in [7, 11) is 3.58.